The lowest BCUT2D eigenvalue weighted by atomic mass is 9.94. The third-order valence-electron chi connectivity index (χ3n) is 4.50. The summed E-state index contributed by atoms with van der Waals surface area (Å²) in [4.78, 5) is 11.9. The Balaban J connectivity index is 2.12. The molecule has 0 aliphatic heterocycles. The summed E-state index contributed by atoms with van der Waals surface area (Å²) >= 11 is 0. The van der Waals surface area contributed by atoms with E-state index in [1.807, 2.05) is 30.3 Å². The predicted molar refractivity (Wildman–Crippen MR) is 87.4 cm³/mol. The van der Waals surface area contributed by atoms with Crippen molar-refractivity contribution in [2.75, 3.05) is 14.2 Å². The summed E-state index contributed by atoms with van der Waals surface area (Å²) in [6.07, 6.45) is 1.60. The fraction of sp³-hybridized carbons (Fsp3) is 0.316. The van der Waals surface area contributed by atoms with Gasteiger partial charge in [-0.1, -0.05) is 24.3 Å². The number of aliphatic hydroxyl groups excluding tert-OH is 1. The molecule has 0 bridgehead atoms. The van der Waals surface area contributed by atoms with Gasteiger partial charge in [-0.3, -0.25) is 4.79 Å². The second-order valence-electron chi connectivity index (χ2n) is 5.68. The first-order valence-electron chi connectivity index (χ1n) is 7.67. The van der Waals surface area contributed by atoms with E-state index in [2.05, 4.69) is 6.07 Å². The molecule has 0 heterocycles. The Bertz CT molecular complexity index is 736. The van der Waals surface area contributed by atoms with Crippen LogP contribution in [-0.2, 0) is 22.6 Å². The minimum absolute atomic E-state index is 0.0266. The van der Waals surface area contributed by atoms with Crippen molar-refractivity contribution in [3.05, 3.63) is 53.1 Å². The highest BCUT2D eigenvalue weighted by molar-refractivity contribution is 5.82. The first-order chi connectivity index (χ1) is 11.2. The molecular formula is C19H20O4. The Morgan fingerprint density at radius 2 is 2.00 bits per heavy atom. The maximum atomic E-state index is 11.9. The van der Waals surface area contributed by atoms with Crippen molar-refractivity contribution in [1.29, 1.82) is 0 Å². The van der Waals surface area contributed by atoms with E-state index in [4.69, 9.17) is 9.47 Å². The third-order valence-corrected chi connectivity index (χ3v) is 4.50. The van der Waals surface area contributed by atoms with Crippen LogP contribution in [0.5, 0.6) is 5.75 Å². The lowest BCUT2D eigenvalue weighted by Crippen LogP contribution is -2.11. The number of hydrogen-bond acceptors (Lipinski definition) is 4. The van der Waals surface area contributed by atoms with E-state index in [1.54, 1.807) is 7.11 Å². The molecule has 1 unspecified atom stereocenters. The normalized spacial score (nSPS) is 16.0. The zero-order valence-corrected chi connectivity index (χ0v) is 13.3. The number of carbonyl (C=O) groups is 1. The highest BCUT2D eigenvalue weighted by Gasteiger charge is 2.31. The van der Waals surface area contributed by atoms with Gasteiger partial charge in [0.2, 0.25) is 0 Å². The quantitative estimate of drug-likeness (QED) is 0.882. The second kappa shape index (κ2) is 6.42. The average Bonchev–Trinajstić information content (AvgIpc) is 3.02. The summed E-state index contributed by atoms with van der Waals surface area (Å²) in [5, 5.41) is 9.58. The van der Waals surface area contributed by atoms with E-state index in [0.29, 0.717) is 5.75 Å². The van der Waals surface area contributed by atoms with Gasteiger partial charge in [-0.2, -0.15) is 0 Å². The first kappa shape index (κ1) is 15.6. The molecule has 0 aromatic heterocycles. The molecule has 4 heteroatoms. The zero-order valence-electron chi connectivity index (χ0n) is 13.3. The number of ether oxygens (including phenoxy) is 2. The number of carbonyl (C=O) groups excluding carboxylic acids is 1. The van der Waals surface area contributed by atoms with E-state index in [1.165, 1.54) is 7.11 Å². The molecule has 1 N–H and O–H groups in total. The zero-order chi connectivity index (χ0) is 16.4. The molecule has 0 saturated carbocycles. The number of methoxy groups -OCH3 is 2. The predicted octanol–water partition coefficient (Wildman–Crippen LogP) is 3.06. The minimum atomic E-state index is -0.217. The van der Waals surface area contributed by atoms with Crippen LogP contribution in [0.3, 0.4) is 0 Å². The maximum Gasteiger partial charge on any atom is 0.313 e. The fourth-order valence-corrected chi connectivity index (χ4v) is 3.32. The van der Waals surface area contributed by atoms with Gasteiger partial charge in [-0.15, -0.1) is 0 Å². The minimum Gasteiger partial charge on any atom is -0.496 e. The van der Waals surface area contributed by atoms with Gasteiger partial charge in [0, 0.05) is 5.56 Å². The van der Waals surface area contributed by atoms with Crippen molar-refractivity contribution < 1.29 is 19.4 Å². The number of benzene rings is 2. The van der Waals surface area contributed by atoms with Gasteiger partial charge in [0.1, 0.15) is 5.75 Å². The summed E-state index contributed by atoms with van der Waals surface area (Å²) in [6.45, 7) is -0.0266. The Kier molecular flexibility index (Phi) is 4.35. The molecule has 3 rings (SSSR count). The molecule has 2 aromatic rings. The van der Waals surface area contributed by atoms with Crippen molar-refractivity contribution in [3.8, 4) is 16.9 Å². The van der Waals surface area contributed by atoms with Crippen LogP contribution in [0, 0.1) is 0 Å². The van der Waals surface area contributed by atoms with Gasteiger partial charge < -0.3 is 14.6 Å². The number of rotatable bonds is 4. The van der Waals surface area contributed by atoms with Crippen molar-refractivity contribution in [1.82, 2.24) is 0 Å². The van der Waals surface area contributed by atoms with Crippen LogP contribution < -0.4 is 4.74 Å². The van der Waals surface area contributed by atoms with Crippen molar-refractivity contribution >= 4 is 5.97 Å². The smallest absolute Gasteiger partial charge is 0.313 e. The average molecular weight is 312 g/mol. The Morgan fingerprint density at radius 3 is 2.70 bits per heavy atom. The Hall–Kier alpha value is -2.33. The summed E-state index contributed by atoms with van der Waals surface area (Å²) in [6, 6.07) is 11.7. The van der Waals surface area contributed by atoms with Crippen LogP contribution in [0.1, 0.15) is 29.0 Å². The summed E-state index contributed by atoms with van der Waals surface area (Å²) in [7, 11) is 3.04. The standard InChI is InChI=1S/C19H20O4/c1-22-18-10-16-12(7-8-15(16)19(21)23-2)9-17(18)14-6-4-3-5-13(14)11-20/h3-6,9-10,15,20H,7-8,11H2,1-2H3. The highest BCUT2D eigenvalue weighted by Crippen LogP contribution is 2.42. The van der Waals surface area contributed by atoms with Crippen molar-refractivity contribution in [2.45, 2.75) is 25.4 Å². The molecule has 2 aromatic carbocycles. The molecule has 1 aliphatic rings. The van der Waals surface area contributed by atoms with Gasteiger partial charge in [-0.05, 0) is 47.2 Å². The van der Waals surface area contributed by atoms with Crippen LogP contribution in [0.25, 0.3) is 11.1 Å². The number of hydrogen-bond donors (Lipinski definition) is 1. The first-order valence-corrected chi connectivity index (χ1v) is 7.67. The van der Waals surface area contributed by atoms with Gasteiger partial charge in [0.05, 0.1) is 26.7 Å². The van der Waals surface area contributed by atoms with Gasteiger partial charge in [0.25, 0.3) is 0 Å². The van der Waals surface area contributed by atoms with E-state index in [0.717, 1.165) is 40.7 Å². The Morgan fingerprint density at radius 1 is 1.22 bits per heavy atom. The summed E-state index contributed by atoms with van der Waals surface area (Å²) in [5.41, 5.74) is 4.88. The molecule has 1 atom stereocenters. The molecule has 120 valence electrons. The lowest BCUT2D eigenvalue weighted by molar-refractivity contribution is -0.142. The molecule has 4 nitrogen and oxygen atoms in total. The van der Waals surface area contributed by atoms with E-state index in [9.17, 15) is 9.90 Å². The van der Waals surface area contributed by atoms with Crippen molar-refractivity contribution in [3.63, 3.8) is 0 Å². The molecule has 0 saturated heterocycles. The fourth-order valence-electron chi connectivity index (χ4n) is 3.32. The summed E-state index contributed by atoms with van der Waals surface area (Å²) < 4.78 is 10.5. The number of aryl methyl sites for hydroxylation is 1. The van der Waals surface area contributed by atoms with E-state index >= 15 is 0 Å². The van der Waals surface area contributed by atoms with Gasteiger partial charge in [-0.25, -0.2) is 0 Å². The van der Waals surface area contributed by atoms with Crippen LogP contribution in [0.15, 0.2) is 36.4 Å². The number of esters is 1. The van der Waals surface area contributed by atoms with Crippen molar-refractivity contribution in [2.24, 2.45) is 0 Å². The molecule has 1 aliphatic carbocycles. The molecule has 0 fully saturated rings. The van der Waals surface area contributed by atoms with Crippen LogP contribution in [-0.4, -0.2) is 25.3 Å². The van der Waals surface area contributed by atoms with Crippen LogP contribution >= 0.6 is 0 Å². The third kappa shape index (κ3) is 2.70. The molecular weight excluding hydrogens is 292 g/mol. The maximum absolute atomic E-state index is 11.9. The van der Waals surface area contributed by atoms with E-state index in [-0.39, 0.29) is 18.5 Å². The second-order valence-corrected chi connectivity index (χ2v) is 5.68. The molecule has 0 amide bonds. The topological polar surface area (TPSA) is 55.8 Å². The van der Waals surface area contributed by atoms with Crippen LogP contribution in [0.4, 0.5) is 0 Å². The van der Waals surface area contributed by atoms with Gasteiger partial charge in [0.15, 0.2) is 0 Å². The Labute approximate surface area is 135 Å². The van der Waals surface area contributed by atoms with E-state index < -0.39 is 0 Å². The summed E-state index contributed by atoms with van der Waals surface area (Å²) in [5.74, 6) is 0.292. The SMILES string of the molecule is COC(=O)C1CCc2cc(-c3ccccc3CO)c(OC)cc21. The molecule has 0 spiro atoms. The number of aliphatic hydroxyl groups is 1. The molecule has 23 heavy (non-hydrogen) atoms. The molecule has 0 radical (unpaired) electrons. The largest absolute Gasteiger partial charge is 0.496 e. The van der Waals surface area contributed by atoms with Crippen LogP contribution in [0.2, 0.25) is 0 Å². The number of fused-ring (bicyclic) bond motifs is 1. The van der Waals surface area contributed by atoms with Gasteiger partial charge >= 0.3 is 5.97 Å². The highest BCUT2D eigenvalue weighted by atomic mass is 16.5. The monoisotopic (exact) mass is 312 g/mol. The lowest BCUT2D eigenvalue weighted by Gasteiger charge is -2.16.